The van der Waals surface area contributed by atoms with E-state index in [9.17, 15) is 4.39 Å². The van der Waals surface area contributed by atoms with Gasteiger partial charge in [0, 0.05) is 24.0 Å². The normalized spacial score (nSPS) is 11.8. The summed E-state index contributed by atoms with van der Waals surface area (Å²) < 4.78 is 18.6. The van der Waals surface area contributed by atoms with Crippen molar-refractivity contribution in [3.8, 4) is 11.3 Å². The first kappa shape index (κ1) is 17.6. The zero-order valence-corrected chi connectivity index (χ0v) is 15.0. The number of pyridine rings is 1. The molecule has 2 N–H and O–H groups in total. The van der Waals surface area contributed by atoms with Gasteiger partial charge < -0.3 is 15.1 Å². The lowest BCUT2D eigenvalue weighted by molar-refractivity contribution is 0.572. The minimum absolute atomic E-state index is 0.0811. The van der Waals surface area contributed by atoms with Gasteiger partial charge in [0.05, 0.1) is 12.4 Å². The van der Waals surface area contributed by atoms with E-state index in [2.05, 4.69) is 30.6 Å². The van der Waals surface area contributed by atoms with E-state index in [1.807, 2.05) is 19.1 Å². The first-order valence-electron chi connectivity index (χ1n) is 8.63. The van der Waals surface area contributed by atoms with Gasteiger partial charge in [0.25, 0.3) is 0 Å². The van der Waals surface area contributed by atoms with Gasteiger partial charge in [0.2, 0.25) is 0 Å². The summed E-state index contributed by atoms with van der Waals surface area (Å²) in [5, 5.41) is 6.47. The molecule has 0 saturated carbocycles. The fourth-order valence-corrected chi connectivity index (χ4v) is 2.72. The summed E-state index contributed by atoms with van der Waals surface area (Å²) in [7, 11) is 0. The van der Waals surface area contributed by atoms with Crippen LogP contribution in [0, 0.1) is 5.82 Å². The number of oxazole rings is 1. The summed E-state index contributed by atoms with van der Waals surface area (Å²) in [4.78, 5) is 16.8. The summed E-state index contributed by atoms with van der Waals surface area (Å²) in [5.41, 5.74) is 1.74. The highest BCUT2D eigenvalue weighted by molar-refractivity contribution is 5.68. The first-order chi connectivity index (χ1) is 13.7. The molecule has 0 amide bonds. The van der Waals surface area contributed by atoms with Gasteiger partial charge in [0.15, 0.2) is 12.2 Å². The molecule has 3 aromatic heterocycles. The van der Waals surface area contributed by atoms with E-state index in [-0.39, 0.29) is 11.9 Å². The van der Waals surface area contributed by atoms with Gasteiger partial charge in [-0.1, -0.05) is 12.1 Å². The molecule has 0 aliphatic carbocycles. The van der Waals surface area contributed by atoms with Crippen molar-refractivity contribution in [2.45, 2.75) is 13.0 Å². The average Bonchev–Trinajstić information content (AvgIpc) is 3.24. The molecular formula is C20H17FN6O. The standard InChI is InChI=1S/C20H17FN6O/c1-13(14-2-4-16(21)5-3-14)25-18-8-15(17-10-23-12-28-17)9-19(26-18)27-20-11-22-6-7-24-20/h2-13H,1H3,(H2,24,25,26,27). The summed E-state index contributed by atoms with van der Waals surface area (Å²) >= 11 is 0. The molecule has 1 unspecified atom stereocenters. The third kappa shape index (κ3) is 4.12. The van der Waals surface area contributed by atoms with Crippen LogP contribution in [0.5, 0.6) is 0 Å². The second kappa shape index (κ2) is 7.83. The lowest BCUT2D eigenvalue weighted by atomic mass is 10.1. The lowest BCUT2D eigenvalue weighted by Gasteiger charge is -2.17. The maximum atomic E-state index is 13.2. The van der Waals surface area contributed by atoms with E-state index in [0.717, 1.165) is 11.1 Å². The molecule has 0 spiro atoms. The molecule has 1 aromatic carbocycles. The van der Waals surface area contributed by atoms with Crippen LogP contribution in [0.2, 0.25) is 0 Å². The molecule has 0 aliphatic heterocycles. The topological polar surface area (TPSA) is 88.8 Å². The van der Waals surface area contributed by atoms with Crippen molar-refractivity contribution >= 4 is 17.5 Å². The van der Waals surface area contributed by atoms with Crippen LogP contribution < -0.4 is 10.6 Å². The van der Waals surface area contributed by atoms with Crippen molar-refractivity contribution in [2.75, 3.05) is 10.6 Å². The number of hydrogen-bond acceptors (Lipinski definition) is 7. The van der Waals surface area contributed by atoms with Crippen molar-refractivity contribution in [1.82, 2.24) is 19.9 Å². The Bertz CT molecular complexity index is 1040. The van der Waals surface area contributed by atoms with Crippen LogP contribution in [0.1, 0.15) is 18.5 Å². The van der Waals surface area contributed by atoms with Crippen LogP contribution >= 0.6 is 0 Å². The van der Waals surface area contributed by atoms with Crippen LogP contribution in [0.3, 0.4) is 0 Å². The highest BCUT2D eigenvalue weighted by Gasteiger charge is 2.11. The first-order valence-corrected chi connectivity index (χ1v) is 8.63. The van der Waals surface area contributed by atoms with Crippen molar-refractivity contribution in [1.29, 1.82) is 0 Å². The van der Waals surface area contributed by atoms with E-state index < -0.39 is 0 Å². The summed E-state index contributed by atoms with van der Waals surface area (Å²) in [6.07, 6.45) is 7.81. The van der Waals surface area contributed by atoms with Crippen LogP contribution in [0.15, 0.2) is 72.0 Å². The van der Waals surface area contributed by atoms with E-state index in [4.69, 9.17) is 4.42 Å². The number of benzene rings is 1. The molecule has 0 radical (unpaired) electrons. The Labute approximate surface area is 160 Å². The molecule has 0 fully saturated rings. The predicted octanol–water partition coefficient (Wildman–Crippen LogP) is 4.58. The zero-order valence-electron chi connectivity index (χ0n) is 15.0. The second-order valence-corrected chi connectivity index (χ2v) is 6.13. The zero-order chi connectivity index (χ0) is 19.3. The fraction of sp³-hybridized carbons (Fsp3) is 0.100. The summed E-state index contributed by atoms with van der Waals surface area (Å²) in [5.74, 6) is 2.11. The van der Waals surface area contributed by atoms with E-state index in [1.54, 1.807) is 36.9 Å². The van der Waals surface area contributed by atoms with E-state index >= 15 is 0 Å². The highest BCUT2D eigenvalue weighted by atomic mass is 19.1. The summed E-state index contributed by atoms with van der Waals surface area (Å²) in [6, 6.07) is 9.98. The number of rotatable bonds is 6. The highest BCUT2D eigenvalue weighted by Crippen LogP contribution is 2.28. The molecule has 140 valence electrons. The Morgan fingerprint density at radius 3 is 2.50 bits per heavy atom. The Kier molecular flexibility index (Phi) is 4.92. The van der Waals surface area contributed by atoms with Gasteiger partial charge >= 0.3 is 0 Å². The van der Waals surface area contributed by atoms with Crippen molar-refractivity contribution in [2.24, 2.45) is 0 Å². The van der Waals surface area contributed by atoms with Crippen molar-refractivity contribution in [3.05, 3.63) is 79.0 Å². The predicted molar refractivity (Wildman–Crippen MR) is 103 cm³/mol. The molecule has 0 saturated heterocycles. The number of hydrogen-bond donors (Lipinski definition) is 2. The fourth-order valence-electron chi connectivity index (χ4n) is 2.72. The van der Waals surface area contributed by atoms with Gasteiger partial charge in [-0.3, -0.25) is 4.98 Å². The van der Waals surface area contributed by atoms with E-state index in [1.165, 1.54) is 18.5 Å². The summed E-state index contributed by atoms with van der Waals surface area (Å²) in [6.45, 7) is 1.98. The number of anilines is 3. The molecule has 7 nitrogen and oxygen atoms in total. The average molecular weight is 376 g/mol. The molecule has 0 bridgehead atoms. The minimum Gasteiger partial charge on any atom is -0.444 e. The number of nitrogens with one attached hydrogen (secondary N) is 2. The van der Waals surface area contributed by atoms with Crippen molar-refractivity contribution < 1.29 is 8.81 Å². The van der Waals surface area contributed by atoms with Crippen LogP contribution in [0.4, 0.5) is 21.8 Å². The number of aromatic nitrogens is 4. The van der Waals surface area contributed by atoms with Gasteiger partial charge in [-0.05, 0) is 36.8 Å². The maximum absolute atomic E-state index is 13.2. The Hall–Kier alpha value is -3.81. The van der Waals surface area contributed by atoms with Gasteiger partial charge in [-0.15, -0.1) is 0 Å². The molecular weight excluding hydrogens is 359 g/mol. The van der Waals surface area contributed by atoms with Gasteiger partial charge in [-0.25, -0.2) is 19.3 Å². The third-order valence-corrected chi connectivity index (χ3v) is 4.10. The lowest BCUT2D eigenvalue weighted by Crippen LogP contribution is -2.09. The molecule has 1 atom stereocenters. The Morgan fingerprint density at radius 2 is 1.79 bits per heavy atom. The van der Waals surface area contributed by atoms with Crippen LogP contribution in [-0.4, -0.2) is 19.9 Å². The van der Waals surface area contributed by atoms with Crippen molar-refractivity contribution in [3.63, 3.8) is 0 Å². The number of nitrogens with zero attached hydrogens (tertiary/aromatic N) is 4. The molecule has 0 aliphatic rings. The Balaban J connectivity index is 1.64. The van der Waals surface area contributed by atoms with E-state index in [0.29, 0.717) is 23.2 Å². The van der Waals surface area contributed by atoms with Gasteiger partial charge in [0.1, 0.15) is 23.3 Å². The van der Waals surface area contributed by atoms with Crippen LogP contribution in [-0.2, 0) is 0 Å². The molecule has 4 rings (SSSR count). The quantitative estimate of drug-likeness (QED) is 0.509. The van der Waals surface area contributed by atoms with Gasteiger partial charge in [-0.2, -0.15) is 0 Å². The third-order valence-electron chi connectivity index (χ3n) is 4.10. The SMILES string of the molecule is CC(Nc1cc(-c2cnco2)cc(Nc2cnccn2)n1)c1ccc(F)cc1. The second-order valence-electron chi connectivity index (χ2n) is 6.13. The minimum atomic E-state index is -0.267. The maximum Gasteiger partial charge on any atom is 0.181 e. The molecule has 3 heterocycles. The molecule has 8 heteroatoms. The Morgan fingerprint density at radius 1 is 0.964 bits per heavy atom. The smallest absolute Gasteiger partial charge is 0.181 e. The largest absolute Gasteiger partial charge is 0.444 e. The monoisotopic (exact) mass is 376 g/mol. The molecule has 28 heavy (non-hydrogen) atoms. The molecule has 4 aromatic rings. The van der Waals surface area contributed by atoms with Crippen LogP contribution in [0.25, 0.3) is 11.3 Å². The number of halogens is 1.